The summed E-state index contributed by atoms with van der Waals surface area (Å²) in [6.45, 7) is 6.85. The number of fused-ring (bicyclic) bond motifs is 1. The van der Waals surface area contributed by atoms with Crippen molar-refractivity contribution < 1.29 is 23.4 Å². The SMILES string of the molecule is C[C@H](CCCOc1cc(F)c(F)cc1-c1cc(C(=O)O)cn(C)c1=O)Cn1c(N)nc2ccc(N3CCN(C)CC3)cc21. The number of imidazole rings is 1. The van der Waals surface area contributed by atoms with E-state index in [1.807, 2.05) is 10.6 Å². The number of carboxylic acids is 1. The van der Waals surface area contributed by atoms with Crippen molar-refractivity contribution in [2.24, 2.45) is 13.0 Å². The second-order valence-electron chi connectivity index (χ2n) is 11.3. The van der Waals surface area contributed by atoms with Gasteiger partial charge in [0, 0.05) is 63.3 Å². The monoisotopic (exact) mass is 594 g/mol. The number of nitrogen functional groups attached to an aromatic ring is 1. The maximum Gasteiger partial charge on any atom is 0.337 e. The van der Waals surface area contributed by atoms with Crippen LogP contribution in [0.25, 0.3) is 22.2 Å². The maximum absolute atomic E-state index is 14.2. The van der Waals surface area contributed by atoms with E-state index >= 15 is 0 Å². The normalized spacial score (nSPS) is 14.8. The number of anilines is 2. The summed E-state index contributed by atoms with van der Waals surface area (Å²) in [6.07, 6.45) is 2.50. The highest BCUT2D eigenvalue weighted by atomic mass is 19.2. The highest BCUT2D eigenvalue weighted by molar-refractivity contribution is 5.89. The number of piperazine rings is 1. The molecule has 1 atom stereocenters. The number of nitrogens with two attached hydrogens (primary N) is 1. The number of aromatic carboxylic acids is 1. The number of aryl methyl sites for hydroxylation is 1. The Morgan fingerprint density at radius 2 is 1.79 bits per heavy atom. The Bertz CT molecular complexity index is 1710. The number of aromatic nitrogens is 3. The van der Waals surface area contributed by atoms with Gasteiger partial charge in [-0.1, -0.05) is 6.92 Å². The molecule has 1 aliphatic heterocycles. The lowest BCUT2D eigenvalue weighted by molar-refractivity contribution is 0.0696. The number of benzene rings is 2. The molecule has 228 valence electrons. The largest absolute Gasteiger partial charge is 0.493 e. The average molecular weight is 595 g/mol. The second kappa shape index (κ2) is 12.4. The molecule has 0 bridgehead atoms. The zero-order valence-electron chi connectivity index (χ0n) is 24.5. The average Bonchev–Trinajstić information content (AvgIpc) is 3.28. The number of likely N-dealkylation sites (N-methyl/N-ethyl adjacent to an activating group) is 1. The standard InChI is InChI=1S/C31H36F2N6O4/c1-19(17-39-27-14-21(6-7-26(27)35-31(39)34)38-10-8-36(2)9-11-38)5-4-12-43-28-16-25(33)24(32)15-22(28)23-13-20(30(41)42)18-37(3)29(23)40/h6-7,13-16,18-19H,4-5,8-12,17H2,1-3H3,(H2,34,35)(H,41,42)/t19-/m1/s1. The van der Waals surface area contributed by atoms with Gasteiger partial charge < -0.3 is 34.5 Å². The van der Waals surface area contributed by atoms with E-state index in [0.29, 0.717) is 18.9 Å². The molecule has 0 radical (unpaired) electrons. The first-order valence-corrected chi connectivity index (χ1v) is 14.3. The van der Waals surface area contributed by atoms with Crippen molar-refractivity contribution in [3.8, 4) is 16.9 Å². The fourth-order valence-corrected chi connectivity index (χ4v) is 5.48. The molecule has 0 amide bonds. The summed E-state index contributed by atoms with van der Waals surface area (Å²) in [5.74, 6) is -2.94. The van der Waals surface area contributed by atoms with Gasteiger partial charge in [-0.15, -0.1) is 0 Å². The zero-order valence-corrected chi connectivity index (χ0v) is 24.5. The number of rotatable bonds is 10. The molecule has 1 aliphatic rings. The Kier molecular flexibility index (Phi) is 8.67. The van der Waals surface area contributed by atoms with Crippen LogP contribution in [0.4, 0.5) is 20.4 Å². The maximum atomic E-state index is 14.2. The van der Waals surface area contributed by atoms with E-state index in [-0.39, 0.29) is 35.0 Å². The first-order chi connectivity index (χ1) is 20.5. The number of carboxylic acid groups (broad SMARTS) is 1. The van der Waals surface area contributed by atoms with Crippen molar-refractivity contribution in [2.45, 2.75) is 26.3 Å². The van der Waals surface area contributed by atoms with E-state index in [1.54, 1.807) is 0 Å². The molecule has 12 heteroatoms. The van der Waals surface area contributed by atoms with Gasteiger partial charge in [0.15, 0.2) is 11.6 Å². The van der Waals surface area contributed by atoms with Crippen LogP contribution >= 0.6 is 0 Å². The van der Waals surface area contributed by atoms with Gasteiger partial charge in [0.2, 0.25) is 5.95 Å². The van der Waals surface area contributed by atoms with Crippen molar-refractivity contribution >= 4 is 28.6 Å². The molecule has 2 aromatic carbocycles. The van der Waals surface area contributed by atoms with Crippen LogP contribution in [0.5, 0.6) is 5.75 Å². The van der Waals surface area contributed by atoms with Crippen LogP contribution in [0.15, 0.2) is 47.4 Å². The molecule has 2 aromatic heterocycles. The predicted molar refractivity (Wildman–Crippen MR) is 162 cm³/mol. The van der Waals surface area contributed by atoms with Crippen LogP contribution < -0.4 is 20.9 Å². The van der Waals surface area contributed by atoms with Gasteiger partial charge >= 0.3 is 5.97 Å². The molecule has 0 aliphatic carbocycles. The lowest BCUT2D eigenvalue weighted by Gasteiger charge is -2.34. The number of carbonyl (C=O) groups is 1. The zero-order chi connectivity index (χ0) is 30.8. The van der Waals surface area contributed by atoms with Crippen LogP contribution in [0, 0.1) is 17.6 Å². The summed E-state index contributed by atoms with van der Waals surface area (Å²) >= 11 is 0. The number of hydrogen-bond donors (Lipinski definition) is 2. The lowest BCUT2D eigenvalue weighted by Crippen LogP contribution is -2.44. The molecule has 43 heavy (non-hydrogen) atoms. The molecule has 3 heterocycles. The Hall–Kier alpha value is -4.45. The van der Waals surface area contributed by atoms with E-state index in [2.05, 4.69) is 40.9 Å². The molecule has 0 spiro atoms. The molecular weight excluding hydrogens is 558 g/mol. The molecule has 1 fully saturated rings. The fraction of sp³-hybridized carbons (Fsp3) is 0.387. The van der Waals surface area contributed by atoms with Crippen LogP contribution in [-0.2, 0) is 13.6 Å². The Morgan fingerprint density at radius 1 is 1.07 bits per heavy atom. The summed E-state index contributed by atoms with van der Waals surface area (Å²) in [4.78, 5) is 33.5. The first-order valence-electron chi connectivity index (χ1n) is 14.3. The van der Waals surface area contributed by atoms with Crippen molar-refractivity contribution in [2.75, 3.05) is 50.5 Å². The van der Waals surface area contributed by atoms with E-state index in [4.69, 9.17) is 10.5 Å². The fourth-order valence-electron chi connectivity index (χ4n) is 5.48. The van der Waals surface area contributed by atoms with Gasteiger partial charge in [-0.3, -0.25) is 4.79 Å². The molecule has 0 saturated carbocycles. The number of nitrogens with zero attached hydrogens (tertiary/aromatic N) is 5. The minimum atomic E-state index is -1.25. The molecular formula is C31H36F2N6O4. The Morgan fingerprint density at radius 3 is 2.51 bits per heavy atom. The Balaban J connectivity index is 1.26. The molecule has 10 nitrogen and oxygen atoms in total. The van der Waals surface area contributed by atoms with Crippen molar-refractivity contribution in [3.05, 3.63) is 70.1 Å². The summed E-state index contributed by atoms with van der Waals surface area (Å²) < 4.78 is 37.4. The molecule has 5 rings (SSSR count). The minimum absolute atomic E-state index is 0.00976. The summed E-state index contributed by atoms with van der Waals surface area (Å²) in [7, 11) is 3.52. The molecule has 0 unspecified atom stereocenters. The van der Waals surface area contributed by atoms with Crippen LogP contribution in [0.1, 0.15) is 30.1 Å². The van der Waals surface area contributed by atoms with Crippen molar-refractivity contribution in [1.82, 2.24) is 19.0 Å². The lowest BCUT2D eigenvalue weighted by atomic mass is 10.0. The van der Waals surface area contributed by atoms with Gasteiger partial charge in [0.1, 0.15) is 5.75 Å². The third kappa shape index (κ3) is 6.48. The van der Waals surface area contributed by atoms with Crippen molar-refractivity contribution in [3.63, 3.8) is 0 Å². The van der Waals surface area contributed by atoms with Crippen molar-refractivity contribution in [1.29, 1.82) is 0 Å². The summed E-state index contributed by atoms with van der Waals surface area (Å²) in [5, 5.41) is 9.42. The summed E-state index contributed by atoms with van der Waals surface area (Å²) in [6, 6.07) is 9.13. The van der Waals surface area contributed by atoms with Crippen LogP contribution in [-0.4, -0.2) is 69.9 Å². The van der Waals surface area contributed by atoms with Gasteiger partial charge in [-0.25, -0.2) is 18.6 Å². The molecule has 4 aromatic rings. The molecule has 1 saturated heterocycles. The minimum Gasteiger partial charge on any atom is -0.493 e. The van der Waals surface area contributed by atoms with Crippen LogP contribution in [0.3, 0.4) is 0 Å². The number of ether oxygens (including phenoxy) is 1. The second-order valence-corrected chi connectivity index (χ2v) is 11.3. The number of pyridine rings is 1. The molecule has 3 N–H and O–H groups in total. The number of hydrogen-bond acceptors (Lipinski definition) is 7. The first kappa shape index (κ1) is 30.0. The van der Waals surface area contributed by atoms with E-state index in [1.165, 1.54) is 13.2 Å². The van der Waals surface area contributed by atoms with Crippen LogP contribution in [0.2, 0.25) is 0 Å². The highest BCUT2D eigenvalue weighted by Gasteiger charge is 2.20. The van der Waals surface area contributed by atoms with Gasteiger partial charge in [0.25, 0.3) is 5.56 Å². The van der Waals surface area contributed by atoms with E-state index in [0.717, 1.165) is 72.1 Å². The third-order valence-electron chi connectivity index (χ3n) is 7.97. The van der Waals surface area contributed by atoms with Gasteiger partial charge in [-0.2, -0.15) is 0 Å². The van der Waals surface area contributed by atoms with E-state index in [9.17, 15) is 23.5 Å². The summed E-state index contributed by atoms with van der Waals surface area (Å²) in [5.41, 5.74) is 8.45. The Labute approximate surface area is 247 Å². The van der Waals surface area contributed by atoms with Gasteiger partial charge in [-0.05, 0) is 56.1 Å². The smallest absolute Gasteiger partial charge is 0.337 e. The van der Waals surface area contributed by atoms with Gasteiger partial charge in [0.05, 0.1) is 28.8 Å². The number of halogens is 2. The topological polar surface area (TPSA) is 119 Å². The highest BCUT2D eigenvalue weighted by Crippen LogP contribution is 2.32. The van der Waals surface area contributed by atoms with E-state index < -0.39 is 23.2 Å². The predicted octanol–water partition coefficient (Wildman–Crippen LogP) is 4.21. The third-order valence-corrected chi connectivity index (χ3v) is 7.97. The quantitative estimate of drug-likeness (QED) is 0.262.